The molecule has 1 aromatic rings. The normalized spacial score (nSPS) is 18.4. The lowest BCUT2D eigenvalue weighted by Crippen LogP contribution is -2.40. The average molecular weight is 284 g/mol. The molecule has 1 fully saturated rings. The van der Waals surface area contributed by atoms with E-state index in [9.17, 15) is 8.42 Å². The van der Waals surface area contributed by atoms with Gasteiger partial charge in [-0.15, -0.1) is 0 Å². The minimum absolute atomic E-state index is 0.240. The molecule has 6 heteroatoms. The summed E-state index contributed by atoms with van der Waals surface area (Å²) in [4.78, 5) is 0.240. The van der Waals surface area contributed by atoms with Crippen molar-refractivity contribution in [2.45, 2.75) is 17.7 Å². The number of para-hydroxylation sites is 1. The van der Waals surface area contributed by atoms with Crippen molar-refractivity contribution in [2.75, 3.05) is 26.7 Å². The largest absolute Gasteiger partial charge is 0.495 e. The second kappa shape index (κ2) is 5.90. The summed E-state index contributed by atoms with van der Waals surface area (Å²) in [5, 5.41) is 0. The van der Waals surface area contributed by atoms with Crippen molar-refractivity contribution in [3.63, 3.8) is 0 Å². The maximum absolute atomic E-state index is 12.6. The van der Waals surface area contributed by atoms with Gasteiger partial charge < -0.3 is 10.5 Å². The van der Waals surface area contributed by atoms with Gasteiger partial charge in [-0.3, -0.25) is 0 Å². The van der Waals surface area contributed by atoms with Gasteiger partial charge in [-0.05, 0) is 37.4 Å². The van der Waals surface area contributed by atoms with Crippen LogP contribution in [0.2, 0.25) is 0 Å². The van der Waals surface area contributed by atoms with Gasteiger partial charge in [-0.1, -0.05) is 12.1 Å². The number of nitrogens with two attached hydrogens (primary N) is 1. The number of ether oxygens (including phenoxy) is 1. The van der Waals surface area contributed by atoms with Crippen molar-refractivity contribution < 1.29 is 13.2 Å². The van der Waals surface area contributed by atoms with E-state index in [2.05, 4.69) is 0 Å². The molecule has 0 spiro atoms. The molecule has 1 aliphatic rings. The third-order valence-electron chi connectivity index (χ3n) is 3.59. The Bertz CT molecular complexity index is 522. The summed E-state index contributed by atoms with van der Waals surface area (Å²) in [5.74, 6) is 0.826. The predicted molar refractivity (Wildman–Crippen MR) is 73.5 cm³/mol. The van der Waals surface area contributed by atoms with E-state index in [0.29, 0.717) is 31.3 Å². The minimum atomic E-state index is -3.47. The van der Waals surface area contributed by atoms with E-state index in [0.717, 1.165) is 12.8 Å². The van der Waals surface area contributed by atoms with Gasteiger partial charge in [-0.25, -0.2) is 8.42 Å². The summed E-state index contributed by atoms with van der Waals surface area (Å²) in [6.45, 7) is 1.69. The first kappa shape index (κ1) is 14.3. The van der Waals surface area contributed by atoms with Gasteiger partial charge in [0.05, 0.1) is 7.11 Å². The Morgan fingerprint density at radius 1 is 1.32 bits per heavy atom. The Kier molecular flexibility index (Phi) is 4.44. The highest BCUT2D eigenvalue weighted by molar-refractivity contribution is 7.89. The monoisotopic (exact) mass is 284 g/mol. The molecule has 0 amide bonds. The highest BCUT2D eigenvalue weighted by atomic mass is 32.2. The molecule has 0 atom stereocenters. The molecule has 1 heterocycles. The number of sulfonamides is 1. The first-order valence-electron chi connectivity index (χ1n) is 6.43. The predicted octanol–water partition coefficient (Wildman–Crippen LogP) is 1.05. The lowest BCUT2D eigenvalue weighted by molar-refractivity contribution is 0.277. The topological polar surface area (TPSA) is 72.6 Å². The lowest BCUT2D eigenvalue weighted by Gasteiger charge is -2.30. The number of hydrogen-bond acceptors (Lipinski definition) is 4. The van der Waals surface area contributed by atoms with Crippen LogP contribution in [0.3, 0.4) is 0 Å². The molecule has 0 radical (unpaired) electrons. The van der Waals surface area contributed by atoms with E-state index >= 15 is 0 Å². The van der Waals surface area contributed by atoms with Crippen LogP contribution in [0.15, 0.2) is 29.2 Å². The van der Waals surface area contributed by atoms with Gasteiger partial charge in [-0.2, -0.15) is 4.31 Å². The summed E-state index contributed by atoms with van der Waals surface area (Å²) in [6.07, 6.45) is 1.65. The molecule has 0 aliphatic carbocycles. The number of methoxy groups -OCH3 is 1. The zero-order chi connectivity index (χ0) is 13.9. The van der Waals surface area contributed by atoms with Crippen LogP contribution in [0.5, 0.6) is 5.75 Å². The summed E-state index contributed by atoms with van der Waals surface area (Å²) in [6, 6.07) is 6.73. The fraction of sp³-hybridized carbons (Fsp3) is 0.538. The molecular formula is C13H20N2O3S. The lowest BCUT2D eigenvalue weighted by atomic mass is 9.99. The Balaban J connectivity index is 2.23. The van der Waals surface area contributed by atoms with Crippen LogP contribution in [-0.4, -0.2) is 39.5 Å². The first-order chi connectivity index (χ1) is 9.09. The van der Waals surface area contributed by atoms with Crippen molar-refractivity contribution in [1.82, 2.24) is 4.31 Å². The van der Waals surface area contributed by atoms with Gasteiger partial charge in [0.25, 0.3) is 0 Å². The van der Waals surface area contributed by atoms with E-state index < -0.39 is 10.0 Å². The van der Waals surface area contributed by atoms with Crippen molar-refractivity contribution in [3.8, 4) is 5.75 Å². The summed E-state index contributed by atoms with van der Waals surface area (Å²) >= 11 is 0. The van der Waals surface area contributed by atoms with Crippen LogP contribution >= 0.6 is 0 Å². The van der Waals surface area contributed by atoms with Crippen LogP contribution in [0, 0.1) is 5.92 Å². The van der Waals surface area contributed by atoms with Crippen molar-refractivity contribution in [2.24, 2.45) is 11.7 Å². The summed E-state index contributed by atoms with van der Waals surface area (Å²) in [7, 11) is -1.99. The Morgan fingerprint density at radius 3 is 2.53 bits per heavy atom. The van der Waals surface area contributed by atoms with E-state index in [1.54, 1.807) is 24.3 Å². The number of rotatable bonds is 4. The van der Waals surface area contributed by atoms with Crippen LogP contribution < -0.4 is 10.5 Å². The second-order valence-electron chi connectivity index (χ2n) is 4.73. The van der Waals surface area contributed by atoms with Gasteiger partial charge in [0.1, 0.15) is 10.6 Å². The molecule has 0 aromatic heterocycles. The molecule has 2 N–H and O–H groups in total. The van der Waals surface area contributed by atoms with Gasteiger partial charge >= 0.3 is 0 Å². The molecule has 106 valence electrons. The molecule has 2 rings (SSSR count). The maximum atomic E-state index is 12.6. The molecular weight excluding hydrogens is 264 g/mol. The second-order valence-corrected chi connectivity index (χ2v) is 6.64. The van der Waals surface area contributed by atoms with Gasteiger partial charge in [0.2, 0.25) is 10.0 Å². The molecule has 0 bridgehead atoms. The summed E-state index contributed by atoms with van der Waals surface area (Å²) < 4.78 is 31.8. The highest BCUT2D eigenvalue weighted by Crippen LogP contribution is 2.29. The van der Waals surface area contributed by atoms with Crippen molar-refractivity contribution >= 4 is 10.0 Å². The van der Waals surface area contributed by atoms with E-state index in [-0.39, 0.29) is 4.90 Å². The molecule has 1 saturated heterocycles. The van der Waals surface area contributed by atoms with Crippen molar-refractivity contribution in [1.29, 1.82) is 0 Å². The Morgan fingerprint density at radius 2 is 1.95 bits per heavy atom. The smallest absolute Gasteiger partial charge is 0.246 e. The van der Waals surface area contributed by atoms with E-state index in [1.165, 1.54) is 11.4 Å². The average Bonchev–Trinajstić information content (AvgIpc) is 2.47. The zero-order valence-electron chi connectivity index (χ0n) is 11.1. The van der Waals surface area contributed by atoms with Crippen LogP contribution in [0.25, 0.3) is 0 Å². The number of benzene rings is 1. The van der Waals surface area contributed by atoms with Gasteiger partial charge in [0, 0.05) is 13.1 Å². The first-order valence-corrected chi connectivity index (χ1v) is 7.87. The highest BCUT2D eigenvalue weighted by Gasteiger charge is 2.30. The van der Waals surface area contributed by atoms with Gasteiger partial charge in [0.15, 0.2) is 0 Å². The molecule has 0 saturated carbocycles. The van der Waals surface area contributed by atoms with Crippen LogP contribution in [0.4, 0.5) is 0 Å². The standard InChI is InChI=1S/C13H20N2O3S/c1-18-12-4-2-3-5-13(12)19(16,17)15-8-6-11(10-14)7-9-15/h2-5,11H,6-10,14H2,1H3. The fourth-order valence-electron chi connectivity index (χ4n) is 2.36. The third-order valence-corrected chi connectivity index (χ3v) is 5.53. The molecule has 0 unspecified atom stereocenters. The SMILES string of the molecule is COc1ccccc1S(=O)(=O)N1CCC(CN)CC1. The maximum Gasteiger partial charge on any atom is 0.246 e. The Labute approximate surface area is 114 Å². The van der Waals surface area contributed by atoms with Crippen molar-refractivity contribution in [3.05, 3.63) is 24.3 Å². The molecule has 1 aromatic carbocycles. The number of piperidine rings is 1. The van der Waals surface area contributed by atoms with E-state index in [4.69, 9.17) is 10.5 Å². The number of nitrogens with zero attached hydrogens (tertiary/aromatic N) is 1. The Hall–Kier alpha value is -1.11. The number of hydrogen-bond donors (Lipinski definition) is 1. The summed E-state index contributed by atoms with van der Waals surface area (Å²) in [5.41, 5.74) is 5.63. The molecule has 5 nitrogen and oxygen atoms in total. The fourth-order valence-corrected chi connectivity index (χ4v) is 3.98. The molecule has 19 heavy (non-hydrogen) atoms. The van der Waals surface area contributed by atoms with E-state index in [1.807, 2.05) is 0 Å². The minimum Gasteiger partial charge on any atom is -0.495 e. The van der Waals surface area contributed by atoms with Crippen LogP contribution in [-0.2, 0) is 10.0 Å². The quantitative estimate of drug-likeness (QED) is 0.897. The molecule has 1 aliphatic heterocycles. The van der Waals surface area contributed by atoms with Crippen LogP contribution in [0.1, 0.15) is 12.8 Å². The zero-order valence-corrected chi connectivity index (χ0v) is 11.9. The third kappa shape index (κ3) is 2.91.